The van der Waals surface area contributed by atoms with E-state index in [1.54, 1.807) is 34.0 Å². The van der Waals surface area contributed by atoms with Crippen LogP contribution in [0.2, 0.25) is 4.34 Å². The van der Waals surface area contributed by atoms with E-state index in [2.05, 4.69) is 400 Å². The summed E-state index contributed by atoms with van der Waals surface area (Å²) in [6.45, 7) is 77.3. The molecule has 0 saturated heterocycles. The Morgan fingerprint density at radius 2 is 0.745 bits per heavy atom. The lowest BCUT2D eigenvalue weighted by molar-refractivity contribution is 0.340. The van der Waals surface area contributed by atoms with Crippen molar-refractivity contribution in [3.8, 4) is 0 Å². The molecule has 0 radical (unpaired) electrons. The lowest BCUT2D eigenvalue weighted by Crippen LogP contribution is -2.14. The van der Waals surface area contributed by atoms with Crippen LogP contribution in [-0.4, -0.2) is 0 Å². The third-order valence-corrected chi connectivity index (χ3v) is 27.6. The number of hydrogen-bond donors (Lipinski definition) is 0. The topological polar surface area (TPSA) is 0 Å². The highest BCUT2D eigenvalue weighted by Gasteiger charge is 2.25. The van der Waals surface area contributed by atoms with Gasteiger partial charge in [-0.25, -0.2) is 0 Å². The molecule has 0 fully saturated rings. The zero-order chi connectivity index (χ0) is 83.2. The average Bonchev–Trinajstić information content (AvgIpc) is 1.68. The van der Waals surface area contributed by atoms with Gasteiger partial charge in [-0.05, 0) is 293 Å². The zero-order valence-electron chi connectivity index (χ0n) is 74.7. The normalized spacial score (nSPS) is 13.0. The van der Waals surface area contributed by atoms with Gasteiger partial charge in [-0.15, -0.1) is 79.4 Å². The van der Waals surface area contributed by atoms with Gasteiger partial charge in [0.2, 0.25) is 0 Å². The van der Waals surface area contributed by atoms with Crippen LogP contribution in [0.5, 0.6) is 0 Å². The smallest absolute Gasteiger partial charge is 0.0931 e. The van der Waals surface area contributed by atoms with Gasteiger partial charge in [-0.2, -0.15) is 22.7 Å². The highest BCUT2D eigenvalue weighted by Crippen LogP contribution is 2.42. The van der Waals surface area contributed by atoms with Crippen LogP contribution >= 0.6 is 114 Å². The van der Waals surface area contributed by atoms with Crippen molar-refractivity contribution in [3.05, 3.63) is 237 Å². The summed E-state index contributed by atoms with van der Waals surface area (Å²) >= 11 is 22.4. The van der Waals surface area contributed by atoms with Gasteiger partial charge in [0, 0.05) is 48.2 Å². The van der Waals surface area contributed by atoms with E-state index in [0.29, 0.717) is 66.5 Å². The fraction of sp³-hybridized carbons (Fsp3) is 0.520. The largest absolute Gasteiger partial charge is 0.152 e. The summed E-state index contributed by atoms with van der Waals surface area (Å²) in [5.74, 6) is 1.94. The lowest BCUT2D eigenvalue weighted by Gasteiger charge is -2.26. The van der Waals surface area contributed by atoms with Crippen molar-refractivity contribution in [2.24, 2.45) is 48.7 Å². The summed E-state index contributed by atoms with van der Waals surface area (Å²) in [6.07, 6.45) is 7.04. The molecule has 0 N–H and O–H groups in total. The molecule has 9 heterocycles. The Hall–Kier alpha value is -3.97. The SMILES string of the molecule is CC(C)(C)Cc1cc2ccccc2s1.CC(C)(C)Cc1csc(Cl)c1.CC(C)(C)Cc1csc2ccccc12.CC(c1cc2ccccc2s1)C(C)(C)C.CC(c1ccsc1)C(C)(C)C.CC(c1ccsc1)C(C)(C)C.Cc1cc(CC(C)(C)C)cs1.Cc1cc(CC(C)(C)C)sc1C.Cc1ccc(CC(C)(C)C)s1. The van der Waals surface area contributed by atoms with Gasteiger partial charge in [-0.3, -0.25) is 0 Å². The summed E-state index contributed by atoms with van der Waals surface area (Å²) in [6, 6.07) is 46.1. The summed E-state index contributed by atoms with van der Waals surface area (Å²) in [5.41, 5.74) is 12.3. The number of rotatable bonds is 9. The van der Waals surface area contributed by atoms with Crippen LogP contribution in [0.3, 0.4) is 0 Å². The maximum atomic E-state index is 5.81. The Bertz CT molecular complexity index is 4220. The molecule has 10 heteroatoms. The Labute approximate surface area is 714 Å². The molecule has 0 saturated carbocycles. The maximum absolute atomic E-state index is 5.81. The maximum Gasteiger partial charge on any atom is 0.0931 e. The molecular formula is C100H145ClS9. The van der Waals surface area contributed by atoms with E-state index >= 15 is 0 Å². The molecule has 0 amide bonds. The fourth-order valence-corrected chi connectivity index (χ4v) is 21.0. The predicted octanol–water partition coefficient (Wildman–Crippen LogP) is 37.1. The minimum absolute atomic E-state index is 0.348. The first-order valence-corrected chi connectivity index (χ1v) is 47.9. The van der Waals surface area contributed by atoms with Crippen molar-refractivity contribution in [2.45, 2.75) is 292 Å². The van der Waals surface area contributed by atoms with Crippen LogP contribution in [0.15, 0.2) is 165 Å². The standard InChI is InChI=1S/C14H18S.2C13H16S.C11H18S.4C10H16S.C9H13ClS/c1-10(14(2,3)4)13-9-11-7-5-6-8-12(11)15-13;1-13(2,3)8-10-9-14-12-7-5-4-6-11(10)12;1-13(2,3)9-11-8-10-6-4-5-7-12(10)14-11;1-8-6-10(12-9(8)2)7-11(3,4)5;1-8-5-9(7-11-8)6-10(2,3)4;2*1-8(10(2,3)4)9-5-6-11-7-9;1-8-5-6-9(11-8)7-10(2,3)4;1-9(2,3)5-7-4-8(10)11-6-7/h5-10H,1-4H3;4-7,9H,8H2,1-3H3;4-8H,9H2,1-3H3;6H,7H2,1-5H3;5,7H,6H2,1-4H3;2*5-8H,1-4H3;5-6H,7H2,1-4H3;4,6H,5H2,1-3H3. The first kappa shape index (κ1) is 98.4. The molecule has 9 aromatic heterocycles. The van der Waals surface area contributed by atoms with Crippen molar-refractivity contribution in [1.82, 2.24) is 0 Å². The first-order valence-electron chi connectivity index (χ1n) is 39.8. The van der Waals surface area contributed by atoms with Gasteiger partial charge >= 0.3 is 0 Å². The zero-order valence-corrected chi connectivity index (χ0v) is 82.8. The second kappa shape index (κ2) is 43.3. The molecule has 3 unspecified atom stereocenters. The van der Waals surface area contributed by atoms with E-state index in [1.807, 2.05) is 68.0 Å². The third-order valence-electron chi connectivity index (χ3n) is 18.6. The molecule has 12 rings (SSSR count). The second-order valence-corrected chi connectivity index (χ2v) is 50.9. The molecule has 0 aliphatic heterocycles. The highest BCUT2D eigenvalue weighted by atomic mass is 35.5. The minimum atomic E-state index is 0.348. The van der Waals surface area contributed by atoms with E-state index in [4.69, 9.17) is 11.6 Å². The quantitative estimate of drug-likeness (QED) is 0.135. The molecule has 0 aliphatic rings. The molecule has 0 aliphatic carbocycles. The second-order valence-electron chi connectivity index (χ2n) is 40.8. The molecule has 0 bridgehead atoms. The monoisotopic (exact) mass is 1670 g/mol. The number of aryl methyl sites for hydroxylation is 4. The van der Waals surface area contributed by atoms with Crippen LogP contribution in [0.4, 0.5) is 0 Å². The Morgan fingerprint density at radius 3 is 1.12 bits per heavy atom. The molecule has 0 spiro atoms. The Balaban J connectivity index is 0.000000262. The highest BCUT2D eigenvalue weighted by molar-refractivity contribution is 7.19. The molecule has 12 aromatic rings. The van der Waals surface area contributed by atoms with Gasteiger partial charge in [-0.1, -0.05) is 274 Å². The number of halogens is 1. The van der Waals surface area contributed by atoms with Gasteiger partial charge in [0.1, 0.15) is 0 Å². The number of benzene rings is 3. The van der Waals surface area contributed by atoms with Crippen LogP contribution in [0.25, 0.3) is 30.3 Å². The molecule has 110 heavy (non-hydrogen) atoms. The minimum Gasteiger partial charge on any atom is -0.152 e. The third kappa shape index (κ3) is 39.6. The molecule has 3 aromatic carbocycles. The van der Waals surface area contributed by atoms with Crippen LogP contribution in [0, 0.1) is 76.4 Å². The predicted molar refractivity (Wildman–Crippen MR) is 518 cm³/mol. The van der Waals surface area contributed by atoms with E-state index in [1.165, 1.54) is 123 Å². The number of thiophene rings is 9. The molecule has 606 valence electrons. The summed E-state index contributed by atoms with van der Waals surface area (Å²) in [4.78, 5) is 10.3. The summed E-state index contributed by atoms with van der Waals surface area (Å²) < 4.78 is 5.12. The van der Waals surface area contributed by atoms with E-state index < -0.39 is 0 Å². The van der Waals surface area contributed by atoms with E-state index in [9.17, 15) is 0 Å². The van der Waals surface area contributed by atoms with Gasteiger partial charge in [0.05, 0.1) is 4.34 Å². The fourth-order valence-electron chi connectivity index (χ4n) is 11.7. The molecule has 0 nitrogen and oxygen atoms in total. The van der Waals surface area contributed by atoms with Crippen molar-refractivity contribution in [2.75, 3.05) is 0 Å². The van der Waals surface area contributed by atoms with Crippen molar-refractivity contribution >= 4 is 144 Å². The molecule has 3 atom stereocenters. The van der Waals surface area contributed by atoms with Crippen LogP contribution < -0.4 is 0 Å². The van der Waals surface area contributed by atoms with Gasteiger partial charge in [0.25, 0.3) is 0 Å². The van der Waals surface area contributed by atoms with Crippen LogP contribution in [0.1, 0.15) is 293 Å². The number of hydrogen-bond acceptors (Lipinski definition) is 9. The van der Waals surface area contributed by atoms with Crippen molar-refractivity contribution < 1.29 is 0 Å². The summed E-state index contributed by atoms with van der Waals surface area (Å²) in [7, 11) is 0. The van der Waals surface area contributed by atoms with Crippen LogP contribution in [-0.2, 0) is 38.5 Å². The van der Waals surface area contributed by atoms with E-state index in [-0.39, 0.29) is 0 Å². The van der Waals surface area contributed by atoms with Gasteiger partial charge in [0.15, 0.2) is 0 Å². The number of fused-ring (bicyclic) bond motifs is 3. The molecular weight excluding hydrogens is 1530 g/mol. The van der Waals surface area contributed by atoms with Gasteiger partial charge < -0.3 is 0 Å². The lowest BCUT2D eigenvalue weighted by atomic mass is 9.79. The summed E-state index contributed by atoms with van der Waals surface area (Å²) in [5, 5.41) is 19.7. The Morgan fingerprint density at radius 1 is 0.327 bits per heavy atom. The van der Waals surface area contributed by atoms with Crippen molar-refractivity contribution in [1.29, 1.82) is 0 Å². The van der Waals surface area contributed by atoms with E-state index in [0.717, 1.165) is 17.2 Å². The Kier molecular flexibility index (Phi) is 38.7. The average molecular weight is 1670 g/mol. The first-order chi connectivity index (χ1) is 50.4. The van der Waals surface area contributed by atoms with Crippen molar-refractivity contribution in [3.63, 3.8) is 0 Å².